The number of hydrogen-bond donors (Lipinski definition) is 1. The molecule has 0 amide bonds. The Labute approximate surface area is 162 Å². The van der Waals surface area contributed by atoms with Gasteiger partial charge in [-0.2, -0.15) is 9.69 Å². The van der Waals surface area contributed by atoms with E-state index in [2.05, 4.69) is 27.7 Å². The molecule has 26 heavy (non-hydrogen) atoms. The topological polar surface area (TPSA) is 59.0 Å². The SMILES string of the molecule is CCCCCCN(CCCCCC)OP(=O)(O)OCC(CC)CCCC. The summed E-state index contributed by atoms with van der Waals surface area (Å²) < 4.78 is 23.1. The number of hydroxylamine groups is 2. The van der Waals surface area contributed by atoms with Crippen molar-refractivity contribution in [1.82, 2.24) is 5.06 Å². The minimum atomic E-state index is -4.03. The minimum absolute atomic E-state index is 0.295. The van der Waals surface area contributed by atoms with Gasteiger partial charge >= 0.3 is 7.82 Å². The Morgan fingerprint density at radius 3 is 1.85 bits per heavy atom. The summed E-state index contributed by atoms with van der Waals surface area (Å²) in [6.45, 7) is 10.3. The molecule has 0 aliphatic heterocycles. The summed E-state index contributed by atoms with van der Waals surface area (Å²) in [6.07, 6.45) is 13.2. The van der Waals surface area contributed by atoms with E-state index >= 15 is 0 Å². The highest BCUT2D eigenvalue weighted by Crippen LogP contribution is 2.45. The Kier molecular flexibility index (Phi) is 17.2. The Hall–Kier alpha value is 0.0700. The van der Waals surface area contributed by atoms with Crippen molar-refractivity contribution < 1.29 is 18.6 Å². The lowest BCUT2D eigenvalue weighted by molar-refractivity contribution is -0.0899. The van der Waals surface area contributed by atoms with Gasteiger partial charge in [0, 0.05) is 13.1 Å². The second-order valence-corrected chi connectivity index (χ2v) is 8.67. The minimum Gasteiger partial charge on any atom is -0.301 e. The van der Waals surface area contributed by atoms with Crippen LogP contribution in [0.1, 0.15) is 105 Å². The summed E-state index contributed by atoms with van der Waals surface area (Å²) in [4.78, 5) is 10.1. The maximum atomic E-state index is 12.4. The molecule has 1 N–H and O–H groups in total. The van der Waals surface area contributed by atoms with Gasteiger partial charge in [0.1, 0.15) is 0 Å². The molecule has 0 saturated carbocycles. The lowest BCUT2D eigenvalue weighted by atomic mass is 10.0. The zero-order chi connectivity index (χ0) is 19.7. The van der Waals surface area contributed by atoms with Crippen LogP contribution in [-0.4, -0.2) is 29.7 Å². The highest BCUT2D eigenvalue weighted by Gasteiger charge is 2.26. The lowest BCUT2D eigenvalue weighted by Crippen LogP contribution is -2.26. The zero-order valence-electron chi connectivity index (χ0n) is 17.8. The van der Waals surface area contributed by atoms with E-state index in [0.717, 1.165) is 51.4 Å². The van der Waals surface area contributed by atoms with Gasteiger partial charge in [-0.05, 0) is 25.2 Å². The van der Waals surface area contributed by atoms with Gasteiger partial charge in [-0.1, -0.05) is 85.5 Å². The van der Waals surface area contributed by atoms with Crippen LogP contribution in [0.2, 0.25) is 0 Å². The van der Waals surface area contributed by atoms with Gasteiger partial charge in [0.15, 0.2) is 0 Å². The molecule has 0 spiro atoms. The second kappa shape index (κ2) is 17.2. The molecular weight excluding hydrogens is 349 g/mol. The maximum Gasteiger partial charge on any atom is 0.489 e. The van der Waals surface area contributed by atoms with Crippen molar-refractivity contribution in [1.29, 1.82) is 0 Å². The quantitative estimate of drug-likeness (QED) is 0.150. The molecule has 5 nitrogen and oxygen atoms in total. The average molecular weight is 394 g/mol. The molecule has 0 aliphatic rings. The van der Waals surface area contributed by atoms with Gasteiger partial charge < -0.3 is 4.89 Å². The zero-order valence-corrected chi connectivity index (χ0v) is 18.6. The van der Waals surface area contributed by atoms with Crippen molar-refractivity contribution in [3.05, 3.63) is 0 Å². The van der Waals surface area contributed by atoms with Crippen LogP contribution in [-0.2, 0) is 13.7 Å². The molecule has 0 bridgehead atoms. The molecule has 0 heterocycles. The third kappa shape index (κ3) is 15.2. The first-order chi connectivity index (χ1) is 12.5. The van der Waals surface area contributed by atoms with E-state index in [0.29, 0.717) is 25.6 Å². The molecule has 0 aliphatic carbocycles. The van der Waals surface area contributed by atoms with Crippen molar-refractivity contribution in [2.45, 2.75) is 105 Å². The van der Waals surface area contributed by atoms with Crippen molar-refractivity contribution in [2.24, 2.45) is 5.92 Å². The first-order valence-electron chi connectivity index (χ1n) is 10.9. The summed E-state index contributed by atoms with van der Waals surface area (Å²) >= 11 is 0. The highest BCUT2D eigenvalue weighted by atomic mass is 31.2. The molecule has 158 valence electrons. The molecule has 0 radical (unpaired) electrons. The van der Waals surface area contributed by atoms with Crippen molar-refractivity contribution >= 4 is 7.82 Å². The number of nitrogens with zero attached hydrogens (tertiary/aromatic N) is 1. The van der Waals surface area contributed by atoms with Crippen LogP contribution < -0.4 is 0 Å². The number of rotatable bonds is 19. The summed E-state index contributed by atoms with van der Waals surface area (Å²) in [7, 11) is -4.03. The van der Waals surface area contributed by atoms with E-state index < -0.39 is 7.82 Å². The smallest absolute Gasteiger partial charge is 0.301 e. The van der Waals surface area contributed by atoms with Crippen molar-refractivity contribution in [2.75, 3.05) is 19.7 Å². The Morgan fingerprint density at radius 1 is 0.846 bits per heavy atom. The van der Waals surface area contributed by atoms with Crippen LogP contribution in [0.25, 0.3) is 0 Å². The summed E-state index contributed by atoms with van der Waals surface area (Å²) in [5, 5.41) is 1.67. The monoisotopic (exact) mass is 393 g/mol. The first-order valence-corrected chi connectivity index (χ1v) is 12.4. The van der Waals surface area contributed by atoms with Gasteiger partial charge in [0.05, 0.1) is 6.61 Å². The number of unbranched alkanes of at least 4 members (excludes halogenated alkanes) is 7. The van der Waals surface area contributed by atoms with Gasteiger partial charge in [-0.15, -0.1) is 0 Å². The van der Waals surface area contributed by atoms with E-state index in [1.807, 2.05) is 0 Å². The third-order valence-electron chi connectivity index (χ3n) is 4.76. The molecule has 0 aromatic rings. The van der Waals surface area contributed by atoms with E-state index in [1.165, 1.54) is 25.7 Å². The molecule has 0 rings (SSSR count). The summed E-state index contributed by atoms with van der Waals surface area (Å²) in [5.41, 5.74) is 0. The highest BCUT2D eigenvalue weighted by molar-refractivity contribution is 7.47. The number of phosphoric ester groups is 1. The molecule has 0 aromatic carbocycles. The Balaban J connectivity index is 4.42. The lowest BCUT2D eigenvalue weighted by Gasteiger charge is -2.25. The Morgan fingerprint density at radius 2 is 1.38 bits per heavy atom. The molecule has 2 atom stereocenters. The average Bonchev–Trinajstić information content (AvgIpc) is 2.62. The predicted molar refractivity (Wildman–Crippen MR) is 110 cm³/mol. The molecule has 6 heteroatoms. The first kappa shape index (κ1) is 26.1. The van der Waals surface area contributed by atoms with Gasteiger partial charge in [0.25, 0.3) is 0 Å². The largest absolute Gasteiger partial charge is 0.489 e. The van der Waals surface area contributed by atoms with Crippen LogP contribution in [0.15, 0.2) is 0 Å². The van der Waals surface area contributed by atoms with Gasteiger partial charge in [-0.25, -0.2) is 4.57 Å². The number of phosphoric acid groups is 1. The molecule has 0 saturated heterocycles. The molecular formula is C20H44NO4P. The standard InChI is InChI=1S/C20H44NO4P/c1-5-9-12-14-17-21(18-15-13-10-6-2)25-26(22,23)24-19-20(8-4)16-11-7-3/h20H,5-19H2,1-4H3,(H,22,23). The van der Waals surface area contributed by atoms with Gasteiger partial charge in [0.2, 0.25) is 0 Å². The number of hydrogen-bond acceptors (Lipinski definition) is 4. The summed E-state index contributed by atoms with van der Waals surface area (Å²) in [5.74, 6) is 0.321. The normalized spacial score (nSPS) is 15.3. The summed E-state index contributed by atoms with van der Waals surface area (Å²) in [6, 6.07) is 0. The second-order valence-electron chi connectivity index (χ2n) is 7.31. The van der Waals surface area contributed by atoms with E-state index in [4.69, 9.17) is 9.15 Å². The van der Waals surface area contributed by atoms with Crippen LogP contribution >= 0.6 is 7.82 Å². The fourth-order valence-corrected chi connectivity index (χ4v) is 3.79. The van der Waals surface area contributed by atoms with E-state index in [-0.39, 0.29) is 0 Å². The molecule has 0 aromatic heterocycles. The van der Waals surface area contributed by atoms with E-state index in [9.17, 15) is 9.46 Å². The molecule has 2 unspecified atom stereocenters. The van der Waals surface area contributed by atoms with Crippen LogP contribution in [0.5, 0.6) is 0 Å². The maximum absolute atomic E-state index is 12.4. The van der Waals surface area contributed by atoms with Crippen molar-refractivity contribution in [3.8, 4) is 0 Å². The molecule has 0 fully saturated rings. The van der Waals surface area contributed by atoms with Crippen LogP contribution in [0, 0.1) is 5.92 Å². The van der Waals surface area contributed by atoms with Crippen LogP contribution in [0.3, 0.4) is 0 Å². The predicted octanol–water partition coefficient (Wildman–Crippen LogP) is 6.71. The Bertz CT molecular complexity index is 343. The fraction of sp³-hybridized carbons (Fsp3) is 1.00. The van der Waals surface area contributed by atoms with Gasteiger partial charge in [-0.3, -0.25) is 4.52 Å². The fourth-order valence-electron chi connectivity index (χ4n) is 2.89. The van der Waals surface area contributed by atoms with Crippen LogP contribution in [0.4, 0.5) is 0 Å². The van der Waals surface area contributed by atoms with E-state index in [1.54, 1.807) is 5.06 Å². The third-order valence-corrected chi connectivity index (χ3v) is 5.67. The van der Waals surface area contributed by atoms with Crippen molar-refractivity contribution in [3.63, 3.8) is 0 Å².